The van der Waals surface area contributed by atoms with Gasteiger partial charge in [-0.1, -0.05) is 30.9 Å². The summed E-state index contributed by atoms with van der Waals surface area (Å²) in [4.78, 5) is 2.47. The minimum atomic E-state index is 0.114. The summed E-state index contributed by atoms with van der Waals surface area (Å²) in [6, 6.07) is 6.97. The summed E-state index contributed by atoms with van der Waals surface area (Å²) in [5, 5.41) is 4.40. The van der Waals surface area contributed by atoms with E-state index in [0.29, 0.717) is 6.04 Å². The number of hydrogen-bond acceptors (Lipinski definition) is 2. The Kier molecular flexibility index (Phi) is 5.56. The van der Waals surface area contributed by atoms with Crippen molar-refractivity contribution in [1.29, 1.82) is 0 Å². The summed E-state index contributed by atoms with van der Waals surface area (Å²) >= 11 is 6.21. The van der Waals surface area contributed by atoms with Gasteiger partial charge in [-0.2, -0.15) is 0 Å². The summed E-state index contributed by atoms with van der Waals surface area (Å²) < 4.78 is 0. The van der Waals surface area contributed by atoms with E-state index in [-0.39, 0.29) is 5.54 Å². The Bertz CT molecular complexity index is 459. The summed E-state index contributed by atoms with van der Waals surface area (Å²) in [6.45, 7) is 7.45. The smallest absolute Gasteiger partial charge is 0.0412 e. The molecule has 1 N–H and O–H groups in total. The van der Waals surface area contributed by atoms with Gasteiger partial charge in [0.1, 0.15) is 0 Å². The molecule has 0 bridgehead atoms. The van der Waals surface area contributed by atoms with Crippen molar-refractivity contribution in [2.75, 3.05) is 11.9 Å². The van der Waals surface area contributed by atoms with Gasteiger partial charge in [-0.25, -0.2) is 0 Å². The first kappa shape index (κ1) is 16.6. The predicted octanol–water partition coefficient (Wildman–Crippen LogP) is 5.00. The highest BCUT2D eigenvalue weighted by Gasteiger charge is 2.20. The molecule has 1 aliphatic rings. The summed E-state index contributed by atoms with van der Waals surface area (Å²) in [5.74, 6) is 0. The Morgan fingerprint density at radius 3 is 2.48 bits per heavy atom. The molecule has 0 atom stereocenters. The molecule has 1 fully saturated rings. The topological polar surface area (TPSA) is 15.3 Å². The van der Waals surface area contributed by atoms with Gasteiger partial charge in [0.15, 0.2) is 0 Å². The zero-order chi connectivity index (χ0) is 15.5. The third kappa shape index (κ3) is 4.89. The van der Waals surface area contributed by atoms with Crippen LogP contribution in [0.1, 0.15) is 58.4 Å². The molecule has 0 aromatic heterocycles. The van der Waals surface area contributed by atoms with Gasteiger partial charge in [-0.3, -0.25) is 0 Å². The van der Waals surface area contributed by atoms with Crippen LogP contribution in [-0.4, -0.2) is 18.6 Å². The van der Waals surface area contributed by atoms with Crippen molar-refractivity contribution in [3.63, 3.8) is 0 Å². The molecule has 2 rings (SSSR count). The molecule has 3 heteroatoms. The summed E-state index contributed by atoms with van der Waals surface area (Å²) in [6.07, 6.45) is 6.73. The van der Waals surface area contributed by atoms with Crippen LogP contribution in [0.4, 0.5) is 5.69 Å². The lowest BCUT2D eigenvalue weighted by Crippen LogP contribution is -2.37. The number of halogens is 1. The fourth-order valence-corrected chi connectivity index (χ4v) is 3.26. The maximum Gasteiger partial charge on any atom is 0.0412 e. The predicted molar refractivity (Wildman–Crippen MR) is 93.3 cm³/mol. The van der Waals surface area contributed by atoms with Gasteiger partial charge < -0.3 is 10.2 Å². The van der Waals surface area contributed by atoms with Gasteiger partial charge in [-0.15, -0.1) is 0 Å². The van der Waals surface area contributed by atoms with Crippen molar-refractivity contribution < 1.29 is 0 Å². The maximum absolute atomic E-state index is 6.21. The van der Waals surface area contributed by atoms with E-state index in [1.807, 2.05) is 6.07 Å². The van der Waals surface area contributed by atoms with Crippen molar-refractivity contribution in [3.05, 3.63) is 28.8 Å². The number of rotatable bonds is 4. The Labute approximate surface area is 134 Å². The summed E-state index contributed by atoms with van der Waals surface area (Å²) in [5.41, 5.74) is 2.73. The van der Waals surface area contributed by atoms with Crippen molar-refractivity contribution in [3.8, 4) is 0 Å². The first-order valence-corrected chi connectivity index (χ1v) is 8.51. The standard InChI is InChI=1S/C18H29ClN2/c1-18(2,3)20-13-14-12-15(19)10-11-17(14)21(4)16-8-6-5-7-9-16/h10-12,16,20H,5-9,13H2,1-4H3. The fraction of sp³-hybridized carbons (Fsp3) is 0.667. The molecule has 0 aliphatic heterocycles. The Morgan fingerprint density at radius 2 is 1.86 bits per heavy atom. The van der Waals surface area contributed by atoms with E-state index in [2.05, 4.69) is 50.2 Å². The largest absolute Gasteiger partial charge is 0.371 e. The van der Waals surface area contributed by atoms with E-state index < -0.39 is 0 Å². The Balaban J connectivity index is 2.17. The molecule has 0 amide bonds. The van der Waals surface area contributed by atoms with Crippen LogP contribution in [0.15, 0.2) is 18.2 Å². The lowest BCUT2D eigenvalue weighted by atomic mass is 9.93. The molecule has 0 radical (unpaired) electrons. The van der Waals surface area contributed by atoms with Gasteiger partial charge in [0.25, 0.3) is 0 Å². The van der Waals surface area contributed by atoms with Gasteiger partial charge in [-0.05, 0) is 57.4 Å². The van der Waals surface area contributed by atoms with Gasteiger partial charge in [0.2, 0.25) is 0 Å². The molecule has 21 heavy (non-hydrogen) atoms. The van der Waals surface area contributed by atoms with Crippen molar-refractivity contribution >= 4 is 17.3 Å². The molecule has 118 valence electrons. The molecule has 2 nitrogen and oxygen atoms in total. The number of hydrogen-bond donors (Lipinski definition) is 1. The van der Waals surface area contributed by atoms with Crippen LogP contribution < -0.4 is 10.2 Å². The molecular formula is C18H29ClN2. The molecule has 0 spiro atoms. The summed E-state index contributed by atoms with van der Waals surface area (Å²) in [7, 11) is 2.24. The zero-order valence-corrected chi connectivity index (χ0v) is 14.6. The van der Waals surface area contributed by atoms with Crippen LogP contribution in [0.3, 0.4) is 0 Å². The third-order valence-corrected chi connectivity index (χ3v) is 4.59. The molecule has 0 saturated heterocycles. The van der Waals surface area contributed by atoms with Crippen molar-refractivity contribution in [2.24, 2.45) is 0 Å². The Hall–Kier alpha value is -0.730. The van der Waals surface area contributed by atoms with E-state index in [9.17, 15) is 0 Å². The van der Waals surface area contributed by atoms with Crippen LogP contribution >= 0.6 is 11.6 Å². The zero-order valence-electron chi connectivity index (χ0n) is 13.9. The van der Waals surface area contributed by atoms with E-state index in [0.717, 1.165) is 11.6 Å². The monoisotopic (exact) mass is 308 g/mol. The molecule has 1 aliphatic carbocycles. The lowest BCUT2D eigenvalue weighted by molar-refractivity contribution is 0.418. The fourth-order valence-electron chi connectivity index (χ4n) is 3.07. The molecule has 1 aromatic carbocycles. The van der Waals surface area contributed by atoms with Crippen molar-refractivity contribution in [1.82, 2.24) is 5.32 Å². The average Bonchev–Trinajstić information content (AvgIpc) is 2.45. The number of benzene rings is 1. The highest BCUT2D eigenvalue weighted by atomic mass is 35.5. The number of nitrogens with zero attached hydrogens (tertiary/aromatic N) is 1. The van der Waals surface area contributed by atoms with Crippen LogP contribution in [0.5, 0.6) is 0 Å². The van der Waals surface area contributed by atoms with Crippen LogP contribution in [0, 0.1) is 0 Å². The van der Waals surface area contributed by atoms with E-state index in [1.165, 1.54) is 43.4 Å². The third-order valence-electron chi connectivity index (χ3n) is 4.35. The molecule has 1 aromatic rings. The van der Waals surface area contributed by atoms with Gasteiger partial charge in [0.05, 0.1) is 0 Å². The highest BCUT2D eigenvalue weighted by molar-refractivity contribution is 6.30. The Morgan fingerprint density at radius 1 is 1.19 bits per heavy atom. The van der Waals surface area contributed by atoms with Gasteiger partial charge >= 0.3 is 0 Å². The SMILES string of the molecule is CN(c1ccc(Cl)cc1CNC(C)(C)C)C1CCCCC1. The van der Waals surface area contributed by atoms with Crippen LogP contribution in [0.25, 0.3) is 0 Å². The van der Waals surface area contributed by atoms with E-state index in [4.69, 9.17) is 11.6 Å². The highest BCUT2D eigenvalue weighted by Crippen LogP contribution is 2.30. The second kappa shape index (κ2) is 7.02. The minimum absolute atomic E-state index is 0.114. The second-order valence-corrected chi connectivity index (χ2v) is 7.72. The number of anilines is 1. The van der Waals surface area contributed by atoms with E-state index >= 15 is 0 Å². The molecule has 0 heterocycles. The molecular weight excluding hydrogens is 280 g/mol. The van der Waals surface area contributed by atoms with Crippen LogP contribution in [-0.2, 0) is 6.54 Å². The molecule has 1 saturated carbocycles. The lowest BCUT2D eigenvalue weighted by Gasteiger charge is -2.34. The minimum Gasteiger partial charge on any atom is -0.371 e. The second-order valence-electron chi connectivity index (χ2n) is 7.28. The molecule has 0 unspecified atom stereocenters. The average molecular weight is 309 g/mol. The van der Waals surface area contributed by atoms with E-state index in [1.54, 1.807) is 0 Å². The van der Waals surface area contributed by atoms with Crippen molar-refractivity contribution in [2.45, 2.75) is 71.0 Å². The first-order valence-electron chi connectivity index (χ1n) is 8.13. The first-order chi connectivity index (χ1) is 9.87. The number of nitrogens with one attached hydrogen (secondary N) is 1. The maximum atomic E-state index is 6.21. The van der Waals surface area contributed by atoms with Crippen LogP contribution in [0.2, 0.25) is 5.02 Å². The normalized spacial score (nSPS) is 17.0. The van der Waals surface area contributed by atoms with Gasteiger partial charge in [0, 0.05) is 35.9 Å². The quantitative estimate of drug-likeness (QED) is 0.842.